The Morgan fingerprint density at radius 1 is 1.24 bits per heavy atom. The van der Waals surface area contributed by atoms with Crippen molar-refractivity contribution in [2.24, 2.45) is 11.7 Å². The summed E-state index contributed by atoms with van der Waals surface area (Å²) in [6.45, 7) is 8.45. The second kappa shape index (κ2) is 8.15. The van der Waals surface area contributed by atoms with Crippen molar-refractivity contribution in [1.82, 2.24) is 9.80 Å². The Hall–Kier alpha value is -1.65. The molecule has 2 bridgehead atoms. The quantitative estimate of drug-likeness (QED) is 0.809. The highest BCUT2D eigenvalue weighted by atomic mass is 16.2. The van der Waals surface area contributed by atoms with Crippen LogP contribution in [0.15, 0.2) is 35.9 Å². The van der Waals surface area contributed by atoms with Crippen molar-refractivity contribution in [1.29, 1.82) is 0 Å². The predicted molar refractivity (Wildman–Crippen MR) is 102 cm³/mol. The molecule has 3 saturated heterocycles. The number of carbonyl (C=O) groups excluding carboxylic acids is 1. The lowest BCUT2D eigenvalue weighted by atomic mass is 9.94. The Balaban J connectivity index is 1.70. The monoisotopic (exact) mass is 341 g/mol. The molecule has 1 amide bonds. The van der Waals surface area contributed by atoms with Crippen molar-refractivity contribution in [3.8, 4) is 0 Å². The molecule has 0 saturated carbocycles. The van der Waals surface area contributed by atoms with Crippen LogP contribution in [-0.2, 0) is 17.8 Å². The van der Waals surface area contributed by atoms with Gasteiger partial charge in [-0.25, -0.2) is 0 Å². The van der Waals surface area contributed by atoms with Crippen LogP contribution in [0.1, 0.15) is 37.8 Å². The number of benzene rings is 1. The van der Waals surface area contributed by atoms with Gasteiger partial charge in [0.1, 0.15) is 0 Å². The largest absolute Gasteiger partial charge is 0.334 e. The Labute approximate surface area is 151 Å². The van der Waals surface area contributed by atoms with E-state index in [-0.39, 0.29) is 5.92 Å². The lowest BCUT2D eigenvalue weighted by Crippen LogP contribution is -2.47. The molecule has 4 heteroatoms. The maximum atomic E-state index is 12.8. The summed E-state index contributed by atoms with van der Waals surface area (Å²) in [6, 6.07) is 9.08. The van der Waals surface area contributed by atoms with Gasteiger partial charge in [0.05, 0.1) is 5.92 Å². The molecule has 0 aromatic heterocycles. The number of rotatable bonds is 6. The summed E-state index contributed by atoms with van der Waals surface area (Å²) in [7, 11) is 0. The summed E-state index contributed by atoms with van der Waals surface area (Å²) in [4.78, 5) is 17.4. The van der Waals surface area contributed by atoms with Gasteiger partial charge in [-0.05, 0) is 50.8 Å². The minimum absolute atomic E-state index is 0.163. The van der Waals surface area contributed by atoms with Crippen molar-refractivity contribution in [2.75, 3.05) is 26.2 Å². The number of nitrogens with two attached hydrogens (primary N) is 1. The summed E-state index contributed by atoms with van der Waals surface area (Å²) in [5, 5.41) is 0. The van der Waals surface area contributed by atoms with E-state index in [9.17, 15) is 4.79 Å². The minimum Gasteiger partial charge on any atom is -0.334 e. The third-order valence-corrected chi connectivity index (χ3v) is 5.40. The number of fused-ring (bicyclic) bond motifs is 4. The van der Waals surface area contributed by atoms with Gasteiger partial charge in [0.15, 0.2) is 0 Å². The average molecular weight is 341 g/mol. The molecular weight excluding hydrogens is 310 g/mol. The van der Waals surface area contributed by atoms with Gasteiger partial charge >= 0.3 is 0 Å². The first-order valence-electron chi connectivity index (χ1n) is 9.51. The fraction of sp³-hybridized carbons (Fsp3) is 0.571. The predicted octanol–water partition coefficient (Wildman–Crippen LogP) is 2.58. The number of hydrogen-bond acceptors (Lipinski definition) is 3. The molecule has 2 unspecified atom stereocenters. The highest BCUT2D eigenvalue weighted by Gasteiger charge is 2.39. The van der Waals surface area contributed by atoms with Crippen molar-refractivity contribution in [2.45, 2.75) is 45.7 Å². The average Bonchev–Trinajstić information content (AvgIpc) is 2.84. The first kappa shape index (κ1) is 18.2. The molecule has 0 aliphatic carbocycles. The molecule has 1 aromatic carbocycles. The molecule has 1 aromatic rings. The molecule has 3 heterocycles. The van der Waals surface area contributed by atoms with Gasteiger partial charge in [0.2, 0.25) is 5.91 Å². The van der Waals surface area contributed by atoms with Crippen LogP contribution in [0.2, 0.25) is 0 Å². The zero-order valence-electron chi connectivity index (χ0n) is 15.6. The molecule has 3 aliphatic heterocycles. The van der Waals surface area contributed by atoms with E-state index in [2.05, 4.69) is 54.0 Å². The van der Waals surface area contributed by atoms with E-state index < -0.39 is 0 Å². The Bertz CT molecular complexity index is 636. The summed E-state index contributed by atoms with van der Waals surface area (Å²) < 4.78 is 0. The summed E-state index contributed by atoms with van der Waals surface area (Å²) in [5.74, 6) is 0.518. The lowest BCUT2D eigenvalue weighted by molar-refractivity contribution is -0.139. The Kier molecular flexibility index (Phi) is 5.92. The third kappa shape index (κ3) is 4.50. The number of nitrogens with zero attached hydrogens (tertiary/aromatic N) is 2. The van der Waals surface area contributed by atoms with Crippen LogP contribution in [0.25, 0.3) is 0 Å². The van der Waals surface area contributed by atoms with E-state index in [1.165, 1.54) is 16.7 Å². The summed E-state index contributed by atoms with van der Waals surface area (Å²) in [5.41, 5.74) is 9.60. The van der Waals surface area contributed by atoms with Crippen LogP contribution in [-0.4, -0.2) is 47.9 Å². The zero-order valence-corrected chi connectivity index (χ0v) is 15.6. The molecule has 0 radical (unpaired) electrons. The smallest absolute Gasteiger partial charge is 0.227 e. The molecule has 136 valence electrons. The summed E-state index contributed by atoms with van der Waals surface area (Å²) in [6.07, 6.45) is 5.28. The van der Waals surface area contributed by atoms with Gasteiger partial charge in [-0.15, -0.1) is 0 Å². The highest BCUT2D eigenvalue weighted by Crippen LogP contribution is 2.30. The van der Waals surface area contributed by atoms with Crippen LogP contribution in [0.5, 0.6) is 0 Å². The van der Waals surface area contributed by atoms with Gasteiger partial charge in [0, 0.05) is 32.2 Å². The Morgan fingerprint density at radius 3 is 2.80 bits per heavy atom. The van der Waals surface area contributed by atoms with E-state index in [1.54, 1.807) is 0 Å². The van der Waals surface area contributed by atoms with E-state index in [4.69, 9.17) is 5.73 Å². The van der Waals surface area contributed by atoms with Crippen molar-refractivity contribution in [3.63, 3.8) is 0 Å². The standard InChI is InChI=1S/C21H31N3O/c1-16(2)9-11-24-20-7-6-19(21(24)25)14-23(15-20)13-18-5-3-4-17(12-18)8-10-22/h3-5,9,12,19-20H,6-8,10-11,13-15,22H2,1-2H3. The molecule has 3 aliphatic rings. The molecule has 25 heavy (non-hydrogen) atoms. The van der Waals surface area contributed by atoms with Crippen molar-refractivity contribution < 1.29 is 4.79 Å². The van der Waals surface area contributed by atoms with E-state index >= 15 is 0 Å². The maximum Gasteiger partial charge on any atom is 0.227 e. The van der Waals surface area contributed by atoms with Crippen LogP contribution in [0.3, 0.4) is 0 Å². The first-order chi connectivity index (χ1) is 12.1. The molecule has 0 spiro atoms. The molecular formula is C21H31N3O. The number of hydrogen-bond donors (Lipinski definition) is 1. The Morgan fingerprint density at radius 2 is 2.04 bits per heavy atom. The van der Waals surface area contributed by atoms with Crippen LogP contribution >= 0.6 is 0 Å². The normalized spacial score (nSPS) is 23.6. The van der Waals surface area contributed by atoms with Crippen LogP contribution < -0.4 is 5.73 Å². The van der Waals surface area contributed by atoms with Gasteiger partial charge < -0.3 is 10.6 Å². The molecule has 2 N–H and O–H groups in total. The second-order valence-electron chi connectivity index (χ2n) is 7.75. The first-order valence-corrected chi connectivity index (χ1v) is 9.51. The van der Waals surface area contributed by atoms with Crippen molar-refractivity contribution >= 4 is 5.91 Å². The maximum absolute atomic E-state index is 12.8. The van der Waals surface area contributed by atoms with Gasteiger partial charge in [-0.2, -0.15) is 0 Å². The molecule has 3 fully saturated rings. The van der Waals surface area contributed by atoms with Crippen molar-refractivity contribution in [3.05, 3.63) is 47.0 Å². The molecule has 4 rings (SSSR count). The highest BCUT2D eigenvalue weighted by molar-refractivity contribution is 5.80. The lowest BCUT2D eigenvalue weighted by Gasteiger charge is -2.35. The SMILES string of the molecule is CC(C)=CCN1C(=O)C2CCC1CN(Cc1cccc(CCN)c1)C2. The molecule has 2 atom stereocenters. The topological polar surface area (TPSA) is 49.6 Å². The second-order valence-corrected chi connectivity index (χ2v) is 7.75. The zero-order chi connectivity index (χ0) is 17.8. The fourth-order valence-electron chi connectivity index (χ4n) is 4.09. The number of piperidine rings is 1. The minimum atomic E-state index is 0.163. The van der Waals surface area contributed by atoms with E-state index in [0.29, 0.717) is 18.5 Å². The number of allylic oxidation sites excluding steroid dienone is 1. The van der Waals surface area contributed by atoms with Gasteiger partial charge in [0.25, 0.3) is 0 Å². The van der Waals surface area contributed by atoms with Gasteiger partial charge in [-0.1, -0.05) is 35.9 Å². The third-order valence-electron chi connectivity index (χ3n) is 5.40. The van der Waals surface area contributed by atoms with E-state index in [0.717, 1.165) is 45.4 Å². The van der Waals surface area contributed by atoms with E-state index in [1.807, 2.05) is 0 Å². The van der Waals surface area contributed by atoms with Gasteiger partial charge in [-0.3, -0.25) is 9.69 Å². The molecule has 4 nitrogen and oxygen atoms in total. The summed E-state index contributed by atoms with van der Waals surface area (Å²) >= 11 is 0. The number of carbonyl (C=O) groups is 1. The fourth-order valence-corrected chi connectivity index (χ4v) is 4.09. The number of amides is 1. The van der Waals surface area contributed by atoms with Crippen LogP contribution in [0, 0.1) is 5.92 Å². The van der Waals surface area contributed by atoms with Crippen LogP contribution in [0.4, 0.5) is 0 Å².